The smallest absolute Gasteiger partial charge is 0.276 e. The quantitative estimate of drug-likeness (QED) is 0.334. The van der Waals surface area contributed by atoms with Crippen molar-refractivity contribution < 1.29 is 9.90 Å². The van der Waals surface area contributed by atoms with Crippen LogP contribution in [0, 0.1) is 5.92 Å². The molecule has 0 saturated heterocycles. The van der Waals surface area contributed by atoms with Gasteiger partial charge in [-0.15, -0.1) is 5.10 Å². The maximum absolute atomic E-state index is 13.0. The van der Waals surface area contributed by atoms with Crippen molar-refractivity contribution in [3.05, 3.63) is 41.4 Å². The first kappa shape index (κ1) is 22.9. The maximum atomic E-state index is 13.0. The predicted octanol–water partition coefficient (Wildman–Crippen LogP) is 4.35. The topological polar surface area (TPSA) is 116 Å². The van der Waals surface area contributed by atoms with Crippen LogP contribution in [-0.2, 0) is 0 Å². The molecule has 0 spiro atoms. The highest BCUT2D eigenvalue weighted by molar-refractivity contribution is 6.29. The summed E-state index contributed by atoms with van der Waals surface area (Å²) in [6.45, 7) is 0.272. The van der Waals surface area contributed by atoms with Crippen LogP contribution < -0.4 is 16.0 Å². The Morgan fingerprint density at radius 2 is 1.85 bits per heavy atom. The molecule has 180 valence electrons. The molecule has 0 unspecified atom stereocenters. The second-order valence-corrected chi connectivity index (χ2v) is 9.68. The Hall–Kier alpha value is -2.91. The molecule has 3 heterocycles. The number of hydrogen-bond acceptors (Lipinski definition) is 7. The maximum Gasteiger partial charge on any atom is 0.276 e. The van der Waals surface area contributed by atoms with Gasteiger partial charge in [0.1, 0.15) is 11.0 Å². The summed E-state index contributed by atoms with van der Waals surface area (Å²) >= 11 is 5.95. The lowest BCUT2D eigenvalue weighted by atomic mass is 9.83. The van der Waals surface area contributed by atoms with Crippen molar-refractivity contribution in [2.24, 2.45) is 5.92 Å². The number of rotatable bonds is 9. The third-order valence-corrected chi connectivity index (χ3v) is 6.80. The molecule has 2 fully saturated rings. The number of anilines is 3. The molecular weight excluding hydrogens is 454 g/mol. The van der Waals surface area contributed by atoms with Crippen molar-refractivity contribution >= 4 is 40.3 Å². The molecule has 2 aliphatic rings. The highest BCUT2D eigenvalue weighted by Crippen LogP contribution is 2.32. The highest BCUT2D eigenvalue weighted by atomic mass is 35.5. The lowest BCUT2D eigenvalue weighted by molar-refractivity contribution is 0.102. The number of pyridine rings is 1. The summed E-state index contributed by atoms with van der Waals surface area (Å²) < 4.78 is 1.61. The third kappa shape index (κ3) is 5.42. The van der Waals surface area contributed by atoms with E-state index in [-0.39, 0.29) is 12.5 Å². The fourth-order valence-electron chi connectivity index (χ4n) is 4.61. The van der Waals surface area contributed by atoms with Gasteiger partial charge in [-0.25, -0.2) is 14.5 Å². The number of aliphatic hydroxyl groups is 1. The Labute approximate surface area is 203 Å². The number of fused-ring (bicyclic) bond motifs is 1. The summed E-state index contributed by atoms with van der Waals surface area (Å²) in [4.78, 5) is 21.5. The Morgan fingerprint density at radius 3 is 2.59 bits per heavy atom. The number of imidazole rings is 1. The molecule has 0 aliphatic heterocycles. The van der Waals surface area contributed by atoms with Gasteiger partial charge in [-0.05, 0) is 69.4 Å². The summed E-state index contributed by atoms with van der Waals surface area (Å²) in [6.07, 6.45) is 11.8. The Bertz CT molecular complexity index is 1160. The van der Waals surface area contributed by atoms with E-state index >= 15 is 0 Å². The molecule has 1 amide bonds. The van der Waals surface area contributed by atoms with Crippen molar-refractivity contribution in [1.29, 1.82) is 0 Å². The summed E-state index contributed by atoms with van der Waals surface area (Å²) in [5.74, 6) is 1.10. The van der Waals surface area contributed by atoms with Gasteiger partial charge in [0.05, 0.1) is 11.9 Å². The van der Waals surface area contributed by atoms with E-state index < -0.39 is 0 Å². The molecule has 2 saturated carbocycles. The first-order valence-corrected chi connectivity index (χ1v) is 12.4. The van der Waals surface area contributed by atoms with Gasteiger partial charge >= 0.3 is 0 Å². The fraction of sp³-hybridized carbons (Fsp3) is 0.500. The van der Waals surface area contributed by atoms with Crippen LogP contribution in [0.5, 0.6) is 0 Å². The van der Waals surface area contributed by atoms with E-state index in [1.54, 1.807) is 29.0 Å². The Kier molecular flexibility index (Phi) is 6.82. The number of aliphatic hydroxyl groups excluding tert-OH is 1. The summed E-state index contributed by atoms with van der Waals surface area (Å²) in [5, 5.41) is 24.1. The number of halogens is 1. The van der Waals surface area contributed by atoms with Gasteiger partial charge < -0.3 is 21.1 Å². The molecule has 0 atom stereocenters. The van der Waals surface area contributed by atoms with Gasteiger partial charge in [0.25, 0.3) is 5.91 Å². The largest absolute Gasteiger partial charge is 0.396 e. The van der Waals surface area contributed by atoms with Crippen LogP contribution in [0.1, 0.15) is 61.9 Å². The van der Waals surface area contributed by atoms with Crippen molar-refractivity contribution in [2.75, 3.05) is 22.6 Å². The van der Waals surface area contributed by atoms with E-state index in [0.29, 0.717) is 40.2 Å². The first-order valence-electron chi connectivity index (χ1n) is 12.0. The average molecular weight is 484 g/mol. The molecule has 5 rings (SSSR count). The molecule has 2 aliphatic carbocycles. The third-order valence-electron chi connectivity index (χ3n) is 6.59. The number of nitrogens with zero attached hydrogens (tertiary/aromatic N) is 4. The summed E-state index contributed by atoms with van der Waals surface area (Å²) in [7, 11) is 0. The standard InChI is InChI=1S/C24H30ClN7O2/c25-21-12-18(9-10-26-21)30-24(34)20-14-27-23-19(28-16-7-8-16)13-22(31-32(20)23)29-17-5-3-15(4-6-17)2-1-11-33/h9-10,12-17,28,33H,1-8,11H2,(H,29,31)(H,26,30,34). The van der Waals surface area contributed by atoms with E-state index in [1.807, 2.05) is 6.07 Å². The van der Waals surface area contributed by atoms with Gasteiger partial charge in [0.2, 0.25) is 0 Å². The second-order valence-electron chi connectivity index (χ2n) is 9.29. The van der Waals surface area contributed by atoms with Gasteiger partial charge in [-0.2, -0.15) is 0 Å². The minimum atomic E-state index is -0.318. The van der Waals surface area contributed by atoms with Crippen LogP contribution in [0.15, 0.2) is 30.6 Å². The molecule has 3 aromatic heterocycles. The zero-order valence-corrected chi connectivity index (χ0v) is 19.8. The van der Waals surface area contributed by atoms with Gasteiger partial charge in [0, 0.05) is 36.6 Å². The van der Waals surface area contributed by atoms with E-state index in [0.717, 1.165) is 62.9 Å². The molecule has 3 aromatic rings. The van der Waals surface area contributed by atoms with Crippen LogP contribution in [0.25, 0.3) is 5.65 Å². The summed E-state index contributed by atoms with van der Waals surface area (Å²) in [5.41, 5.74) is 2.41. The number of carbonyl (C=O) groups is 1. The zero-order chi connectivity index (χ0) is 23.5. The lowest BCUT2D eigenvalue weighted by Gasteiger charge is -2.29. The number of aromatic nitrogens is 4. The molecule has 10 heteroatoms. The van der Waals surface area contributed by atoms with Crippen molar-refractivity contribution in [1.82, 2.24) is 19.6 Å². The van der Waals surface area contributed by atoms with E-state index in [4.69, 9.17) is 21.8 Å². The van der Waals surface area contributed by atoms with Gasteiger partial charge in [-0.3, -0.25) is 4.79 Å². The highest BCUT2D eigenvalue weighted by Gasteiger charge is 2.26. The number of carbonyl (C=O) groups excluding carboxylic acids is 1. The molecular formula is C24H30ClN7O2. The fourth-order valence-corrected chi connectivity index (χ4v) is 4.78. The number of nitrogens with one attached hydrogen (secondary N) is 3. The van der Waals surface area contributed by atoms with Crippen LogP contribution in [0.3, 0.4) is 0 Å². The van der Waals surface area contributed by atoms with Crippen LogP contribution in [0.2, 0.25) is 5.15 Å². The molecule has 0 aromatic carbocycles. The monoisotopic (exact) mass is 483 g/mol. The normalized spacial score (nSPS) is 20.3. The van der Waals surface area contributed by atoms with Crippen LogP contribution >= 0.6 is 11.6 Å². The van der Waals surface area contributed by atoms with E-state index in [9.17, 15) is 4.79 Å². The number of hydrogen-bond donors (Lipinski definition) is 4. The van der Waals surface area contributed by atoms with Gasteiger partial charge in [-0.1, -0.05) is 11.6 Å². The Balaban J connectivity index is 1.36. The zero-order valence-electron chi connectivity index (χ0n) is 19.0. The molecule has 4 N–H and O–H groups in total. The summed E-state index contributed by atoms with van der Waals surface area (Å²) in [6, 6.07) is 6.06. The van der Waals surface area contributed by atoms with Crippen molar-refractivity contribution in [2.45, 2.75) is 63.5 Å². The van der Waals surface area contributed by atoms with E-state index in [2.05, 4.69) is 25.9 Å². The van der Waals surface area contributed by atoms with Crippen molar-refractivity contribution in [3.8, 4) is 0 Å². The van der Waals surface area contributed by atoms with Gasteiger partial charge in [0.15, 0.2) is 11.3 Å². The lowest BCUT2D eigenvalue weighted by Crippen LogP contribution is -2.27. The molecule has 0 radical (unpaired) electrons. The molecule has 34 heavy (non-hydrogen) atoms. The van der Waals surface area contributed by atoms with Crippen LogP contribution in [0.4, 0.5) is 17.2 Å². The van der Waals surface area contributed by atoms with E-state index in [1.165, 1.54) is 0 Å². The number of amides is 1. The average Bonchev–Trinajstić information content (AvgIpc) is 3.54. The molecule has 9 nitrogen and oxygen atoms in total. The molecule has 0 bridgehead atoms. The second kappa shape index (κ2) is 10.1. The Morgan fingerprint density at radius 1 is 1.09 bits per heavy atom. The van der Waals surface area contributed by atoms with Crippen molar-refractivity contribution in [3.63, 3.8) is 0 Å². The predicted molar refractivity (Wildman–Crippen MR) is 133 cm³/mol. The SMILES string of the molecule is O=C(Nc1ccnc(Cl)c1)c1cnc2c(NC3CC3)cc(NC3CCC(CCCO)CC3)nn12. The first-order chi connectivity index (χ1) is 16.6. The van der Waals surface area contributed by atoms with Crippen LogP contribution in [-0.4, -0.2) is 49.3 Å². The minimum absolute atomic E-state index is 0.272. The minimum Gasteiger partial charge on any atom is -0.396 e.